The molecule has 0 atom stereocenters. The number of nitrogens with one attached hydrogen (secondary N) is 1. The van der Waals surface area contributed by atoms with Crippen LogP contribution in [0.4, 0.5) is 5.82 Å². The number of nitrogens with two attached hydrogens (primary N) is 1. The van der Waals surface area contributed by atoms with Gasteiger partial charge in [0.15, 0.2) is 5.58 Å². The van der Waals surface area contributed by atoms with Gasteiger partial charge in [-0.15, -0.1) is 0 Å². The van der Waals surface area contributed by atoms with Gasteiger partial charge in [-0.05, 0) is 12.1 Å². The quantitative estimate of drug-likeness (QED) is 0.552. The van der Waals surface area contributed by atoms with Crippen LogP contribution in [0, 0.1) is 0 Å². The Kier molecular flexibility index (Phi) is 1.97. The summed E-state index contributed by atoms with van der Waals surface area (Å²) in [4.78, 5) is 0. The number of aromatic nitrogens is 2. The maximum Gasteiger partial charge on any atom is 0.154 e. The van der Waals surface area contributed by atoms with Crippen LogP contribution in [0.3, 0.4) is 0 Å². The summed E-state index contributed by atoms with van der Waals surface area (Å²) in [5.74, 6) is 0.418. The topological polar surface area (TPSA) is 81.0 Å². The third kappa shape index (κ3) is 1.33. The average Bonchev–Trinajstić information content (AvgIpc) is 3.09. The number of nitrogen functional groups attached to an aromatic ring is 1. The fraction of sp³-hybridized carbons (Fsp3) is 0. The summed E-state index contributed by atoms with van der Waals surface area (Å²) < 4.78 is 11.0. The van der Waals surface area contributed by atoms with Crippen molar-refractivity contribution < 1.29 is 8.83 Å². The number of nitrogens with zero attached hydrogens (tertiary/aromatic N) is 1. The van der Waals surface area contributed by atoms with Crippen molar-refractivity contribution >= 4 is 39.4 Å². The van der Waals surface area contributed by atoms with Gasteiger partial charge in [0.1, 0.15) is 11.4 Å². The molecule has 5 nitrogen and oxygen atoms in total. The molecule has 0 fully saturated rings. The van der Waals surface area contributed by atoms with E-state index in [0.717, 1.165) is 22.0 Å². The van der Waals surface area contributed by atoms with Crippen molar-refractivity contribution in [2.45, 2.75) is 0 Å². The fourth-order valence-electron chi connectivity index (χ4n) is 2.33. The Morgan fingerprint density at radius 1 is 1.11 bits per heavy atom. The number of hydrogen-bond acceptors (Lipinski definition) is 4. The molecule has 0 amide bonds. The Morgan fingerprint density at radius 2 is 1.84 bits per heavy atom. The molecule has 0 aliphatic heterocycles. The highest BCUT2D eigenvalue weighted by molar-refractivity contribution is 6.41. The summed E-state index contributed by atoms with van der Waals surface area (Å²) in [6.07, 6.45) is 3.19. The Bertz CT molecular complexity index is 851. The zero-order chi connectivity index (χ0) is 13.0. The van der Waals surface area contributed by atoms with E-state index in [2.05, 4.69) is 10.2 Å². The van der Waals surface area contributed by atoms with Crippen molar-refractivity contribution in [2.24, 2.45) is 0 Å². The Morgan fingerprint density at radius 3 is 2.58 bits per heavy atom. The van der Waals surface area contributed by atoms with Crippen LogP contribution in [-0.4, -0.2) is 10.2 Å². The molecule has 19 heavy (non-hydrogen) atoms. The van der Waals surface area contributed by atoms with E-state index in [1.165, 1.54) is 0 Å². The minimum absolute atomic E-state index is 0.418. The van der Waals surface area contributed by atoms with Gasteiger partial charge < -0.3 is 14.6 Å². The molecule has 0 aliphatic rings. The third-order valence-electron chi connectivity index (χ3n) is 3.13. The minimum atomic E-state index is 0.418. The molecule has 0 spiro atoms. The maximum atomic E-state index is 6.32. The average molecular weight is 274 g/mol. The van der Waals surface area contributed by atoms with Gasteiger partial charge >= 0.3 is 0 Å². The lowest BCUT2D eigenvalue weighted by atomic mass is 10.0. The van der Waals surface area contributed by atoms with Gasteiger partial charge in [0.05, 0.1) is 28.8 Å². The van der Waals surface area contributed by atoms with Crippen molar-refractivity contribution in [2.75, 3.05) is 5.73 Å². The number of benzene rings is 1. The van der Waals surface area contributed by atoms with Gasteiger partial charge in [-0.3, -0.25) is 5.10 Å². The second kappa shape index (κ2) is 3.55. The van der Waals surface area contributed by atoms with Crippen molar-refractivity contribution in [1.82, 2.24) is 10.2 Å². The Labute approximate surface area is 111 Å². The lowest BCUT2D eigenvalue weighted by Crippen LogP contribution is -1.82. The van der Waals surface area contributed by atoms with Gasteiger partial charge in [0.25, 0.3) is 0 Å². The first kappa shape index (κ1) is 10.5. The first-order valence-electron chi connectivity index (χ1n) is 5.63. The van der Waals surface area contributed by atoms with Crippen LogP contribution in [-0.2, 0) is 0 Å². The predicted molar refractivity (Wildman–Crippen MR) is 73.0 cm³/mol. The number of aromatic amines is 1. The second-order valence-electron chi connectivity index (χ2n) is 4.22. The van der Waals surface area contributed by atoms with Gasteiger partial charge in [-0.1, -0.05) is 11.6 Å². The van der Waals surface area contributed by atoms with E-state index in [9.17, 15) is 0 Å². The molecule has 0 aliphatic carbocycles. The smallest absolute Gasteiger partial charge is 0.154 e. The highest BCUT2D eigenvalue weighted by atomic mass is 35.5. The molecule has 0 saturated carbocycles. The molecule has 0 radical (unpaired) electrons. The highest BCUT2D eigenvalue weighted by Gasteiger charge is 2.19. The number of H-pyrrole nitrogens is 1. The van der Waals surface area contributed by atoms with Crippen molar-refractivity contribution in [3.8, 4) is 11.3 Å². The lowest BCUT2D eigenvalue weighted by Gasteiger charge is -2.03. The summed E-state index contributed by atoms with van der Waals surface area (Å²) >= 11 is 6.32. The largest absolute Gasteiger partial charge is 0.464 e. The van der Waals surface area contributed by atoms with Crippen LogP contribution in [0.2, 0.25) is 5.02 Å². The molecule has 3 heterocycles. The van der Waals surface area contributed by atoms with E-state index in [-0.39, 0.29) is 0 Å². The van der Waals surface area contributed by atoms with Crippen LogP contribution in [0.25, 0.3) is 33.2 Å². The van der Waals surface area contributed by atoms with Crippen LogP contribution in [0.5, 0.6) is 0 Å². The molecule has 0 unspecified atom stereocenters. The molecule has 6 heteroatoms. The number of fused-ring (bicyclic) bond motifs is 2. The van der Waals surface area contributed by atoms with Gasteiger partial charge in [0.2, 0.25) is 0 Å². The van der Waals surface area contributed by atoms with Gasteiger partial charge in [-0.25, -0.2) is 0 Å². The maximum absolute atomic E-state index is 6.32. The summed E-state index contributed by atoms with van der Waals surface area (Å²) in [5, 5.41) is 9.03. The number of rotatable bonds is 1. The molecule has 4 rings (SSSR count). The van der Waals surface area contributed by atoms with Gasteiger partial charge in [0, 0.05) is 16.8 Å². The third-order valence-corrected chi connectivity index (χ3v) is 3.50. The second-order valence-corrected chi connectivity index (χ2v) is 4.60. The van der Waals surface area contributed by atoms with E-state index in [0.29, 0.717) is 22.0 Å². The molecule has 94 valence electrons. The van der Waals surface area contributed by atoms with E-state index in [1.54, 1.807) is 18.6 Å². The normalized spacial score (nSPS) is 11.6. The van der Waals surface area contributed by atoms with Crippen LogP contribution in [0.1, 0.15) is 0 Å². The Hall–Kier alpha value is -2.40. The number of furan rings is 2. The number of anilines is 1. The Balaban J connectivity index is 2.24. The molecule has 0 bridgehead atoms. The van der Waals surface area contributed by atoms with Crippen LogP contribution >= 0.6 is 11.6 Å². The summed E-state index contributed by atoms with van der Waals surface area (Å²) in [6.45, 7) is 0. The number of hydrogen-bond donors (Lipinski definition) is 2. The summed E-state index contributed by atoms with van der Waals surface area (Å²) in [7, 11) is 0. The fourth-order valence-corrected chi connectivity index (χ4v) is 2.62. The summed E-state index contributed by atoms with van der Waals surface area (Å²) in [6, 6.07) is 5.40. The first-order chi connectivity index (χ1) is 9.25. The number of halogens is 1. The molecule has 4 aromatic rings. The van der Waals surface area contributed by atoms with Crippen molar-refractivity contribution in [3.05, 3.63) is 35.7 Å². The zero-order valence-corrected chi connectivity index (χ0v) is 10.4. The molecule has 3 N–H and O–H groups in total. The summed E-state index contributed by atoms with van der Waals surface area (Å²) in [5.41, 5.74) is 8.58. The lowest BCUT2D eigenvalue weighted by molar-refractivity contribution is 0.613. The highest BCUT2D eigenvalue weighted by Crippen LogP contribution is 2.41. The molecule has 0 saturated heterocycles. The van der Waals surface area contributed by atoms with Crippen molar-refractivity contribution in [3.63, 3.8) is 0 Å². The monoisotopic (exact) mass is 273 g/mol. The van der Waals surface area contributed by atoms with E-state index < -0.39 is 0 Å². The first-order valence-corrected chi connectivity index (χ1v) is 6.00. The van der Waals surface area contributed by atoms with E-state index in [1.807, 2.05) is 12.1 Å². The van der Waals surface area contributed by atoms with E-state index >= 15 is 0 Å². The van der Waals surface area contributed by atoms with Crippen LogP contribution in [0.15, 0.2) is 39.6 Å². The standard InChI is InChI=1S/C13H8ClN3O2/c14-11-7-2-4-18-12(7)10(6-1-3-19-13(6)11)8-5-9(15)17-16-8/h1-5H,(H3,15,16,17). The van der Waals surface area contributed by atoms with E-state index in [4.69, 9.17) is 26.2 Å². The molecule has 1 aromatic carbocycles. The SMILES string of the molecule is Nc1cc(-c2c3ccoc3c(Cl)c3ccoc23)[nH]n1. The van der Waals surface area contributed by atoms with Crippen LogP contribution < -0.4 is 5.73 Å². The predicted octanol–water partition coefficient (Wildman–Crippen LogP) is 3.80. The molecule has 3 aromatic heterocycles. The molecular formula is C13H8ClN3O2. The van der Waals surface area contributed by atoms with Crippen molar-refractivity contribution in [1.29, 1.82) is 0 Å². The zero-order valence-electron chi connectivity index (χ0n) is 9.61. The van der Waals surface area contributed by atoms with Gasteiger partial charge in [-0.2, -0.15) is 5.10 Å². The minimum Gasteiger partial charge on any atom is -0.464 e. The molecular weight excluding hydrogens is 266 g/mol.